The molecule has 25 heavy (non-hydrogen) atoms. The number of aliphatic hydroxyl groups excluding tert-OH is 1. The summed E-state index contributed by atoms with van der Waals surface area (Å²) in [5.41, 5.74) is -0.179. The smallest absolute Gasteiger partial charge is 0.227 e. The molecule has 0 aliphatic carbocycles. The van der Waals surface area contributed by atoms with Crippen molar-refractivity contribution in [1.29, 1.82) is 0 Å². The van der Waals surface area contributed by atoms with Gasteiger partial charge in [0.2, 0.25) is 5.91 Å². The molecule has 2 aliphatic heterocycles. The Labute approximate surface area is 144 Å². The van der Waals surface area contributed by atoms with Crippen molar-refractivity contribution in [2.75, 3.05) is 46.3 Å². The molecule has 8 heteroatoms. The minimum atomic E-state index is -1.57. The molecule has 2 heterocycles. The van der Waals surface area contributed by atoms with Gasteiger partial charge < -0.3 is 14.9 Å². The topological polar surface area (TPSA) is 47.0 Å². The molecule has 0 aromatic heterocycles. The molecule has 0 bridgehead atoms. The number of aliphatic hydroxyl groups is 1. The Morgan fingerprint density at radius 1 is 1.12 bits per heavy atom. The van der Waals surface area contributed by atoms with Crippen molar-refractivity contribution in [2.24, 2.45) is 0 Å². The summed E-state index contributed by atoms with van der Waals surface area (Å²) in [6, 6.07) is 1.75. The monoisotopic (exact) mass is 357 g/mol. The van der Waals surface area contributed by atoms with Crippen LogP contribution >= 0.6 is 0 Å². The number of piperazine rings is 1. The van der Waals surface area contributed by atoms with Gasteiger partial charge in [0.15, 0.2) is 17.5 Å². The number of likely N-dealkylation sites (N-methyl/N-ethyl adjacent to an activating group) is 1. The summed E-state index contributed by atoms with van der Waals surface area (Å²) < 4.78 is 40.0. The summed E-state index contributed by atoms with van der Waals surface area (Å²) in [4.78, 5) is 18.2. The van der Waals surface area contributed by atoms with E-state index in [1.807, 2.05) is 7.05 Å². The first-order chi connectivity index (χ1) is 11.9. The molecule has 0 radical (unpaired) electrons. The zero-order chi connectivity index (χ0) is 18.1. The molecule has 0 saturated carbocycles. The zero-order valence-corrected chi connectivity index (χ0v) is 14.1. The number of benzene rings is 1. The molecule has 2 fully saturated rings. The Morgan fingerprint density at radius 3 is 2.48 bits per heavy atom. The molecular formula is C17H22F3N3O2. The van der Waals surface area contributed by atoms with E-state index in [2.05, 4.69) is 9.80 Å². The lowest BCUT2D eigenvalue weighted by atomic mass is 10.1. The van der Waals surface area contributed by atoms with Crippen LogP contribution in [-0.4, -0.2) is 84.2 Å². The van der Waals surface area contributed by atoms with Crippen LogP contribution in [0.3, 0.4) is 0 Å². The third-order valence-corrected chi connectivity index (χ3v) is 5.08. The fourth-order valence-corrected chi connectivity index (χ4v) is 3.46. The van der Waals surface area contributed by atoms with Crippen molar-refractivity contribution in [3.05, 3.63) is 35.1 Å². The molecular weight excluding hydrogens is 335 g/mol. The Hall–Kier alpha value is -1.64. The van der Waals surface area contributed by atoms with Crippen LogP contribution in [0, 0.1) is 17.5 Å². The maximum atomic E-state index is 13.7. The standard InChI is InChI=1S/C17H22F3N3O2/c1-21-4-6-22(7-5-21)13-9-23(10-14(13)24)15(25)8-11-2-3-12(18)17(20)16(11)19/h2-3,13-14,24H,4-10H2,1H3/t13-,14-/m1/s1. The van der Waals surface area contributed by atoms with Crippen LogP contribution in [0.25, 0.3) is 0 Å². The van der Waals surface area contributed by atoms with E-state index in [-0.39, 0.29) is 24.6 Å². The first kappa shape index (κ1) is 18.2. The highest BCUT2D eigenvalue weighted by molar-refractivity contribution is 5.79. The molecule has 1 amide bonds. The minimum Gasteiger partial charge on any atom is -0.390 e. The summed E-state index contributed by atoms with van der Waals surface area (Å²) in [6.45, 7) is 3.96. The van der Waals surface area contributed by atoms with E-state index in [1.165, 1.54) is 4.90 Å². The number of hydrogen-bond acceptors (Lipinski definition) is 4. The van der Waals surface area contributed by atoms with Crippen molar-refractivity contribution in [1.82, 2.24) is 14.7 Å². The predicted octanol–water partition coefficient (Wildman–Crippen LogP) is 0.466. The van der Waals surface area contributed by atoms with Crippen molar-refractivity contribution < 1.29 is 23.1 Å². The fourth-order valence-electron chi connectivity index (χ4n) is 3.46. The number of hydrogen-bond donors (Lipinski definition) is 1. The van der Waals surface area contributed by atoms with Gasteiger partial charge in [0.25, 0.3) is 0 Å². The van der Waals surface area contributed by atoms with Crippen molar-refractivity contribution >= 4 is 5.91 Å². The molecule has 1 N–H and O–H groups in total. The van der Waals surface area contributed by atoms with Crippen molar-refractivity contribution in [2.45, 2.75) is 18.6 Å². The van der Waals surface area contributed by atoms with Crippen LogP contribution in [-0.2, 0) is 11.2 Å². The lowest BCUT2D eigenvalue weighted by Crippen LogP contribution is -2.52. The first-order valence-corrected chi connectivity index (χ1v) is 8.37. The second-order valence-electron chi connectivity index (χ2n) is 6.78. The third-order valence-electron chi connectivity index (χ3n) is 5.08. The van der Waals surface area contributed by atoms with Crippen LogP contribution in [0.1, 0.15) is 5.56 Å². The molecule has 0 unspecified atom stereocenters. The number of β-amino-alcohol motifs (C(OH)–C–C–N with tert-alkyl or cyclic N) is 1. The van der Waals surface area contributed by atoms with Gasteiger partial charge in [-0.2, -0.15) is 0 Å². The zero-order valence-electron chi connectivity index (χ0n) is 14.1. The Bertz CT molecular complexity index is 650. The highest BCUT2D eigenvalue weighted by Crippen LogP contribution is 2.21. The van der Waals surface area contributed by atoms with Gasteiger partial charge in [-0.25, -0.2) is 13.2 Å². The van der Waals surface area contributed by atoms with E-state index in [4.69, 9.17) is 0 Å². The van der Waals surface area contributed by atoms with Gasteiger partial charge in [-0.3, -0.25) is 9.69 Å². The van der Waals surface area contributed by atoms with E-state index in [9.17, 15) is 23.1 Å². The number of rotatable bonds is 3. The van der Waals surface area contributed by atoms with Crippen LogP contribution < -0.4 is 0 Å². The van der Waals surface area contributed by atoms with E-state index in [0.29, 0.717) is 6.54 Å². The summed E-state index contributed by atoms with van der Waals surface area (Å²) in [5.74, 6) is -4.58. The van der Waals surface area contributed by atoms with Crippen molar-refractivity contribution in [3.63, 3.8) is 0 Å². The fraction of sp³-hybridized carbons (Fsp3) is 0.588. The average Bonchev–Trinajstić information content (AvgIpc) is 2.98. The van der Waals surface area contributed by atoms with Crippen LogP contribution in [0.4, 0.5) is 13.2 Å². The molecule has 2 aliphatic rings. The molecule has 138 valence electrons. The Balaban J connectivity index is 1.63. The summed E-state index contributed by atoms with van der Waals surface area (Å²) in [5, 5.41) is 10.3. The number of nitrogens with zero attached hydrogens (tertiary/aromatic N) is 3. The van der Waals surface area contributed by atoms with E-state index >= 15 is 0 Å². The van der Waals surface area contributed by atoms with Gasteiger partial charge in [-0.1, -0.05) is 6.07 Å². The SMILES string of the molecule is CN1CCN([C@@H]2CN(C(=O)Cc3ccc(F)c(F)c3F)C[C@H]2O)CC1. The van der Waals surface area contributed by atoms with E-state index < -0.39 is 29.5 Å². The normalized spacial score (nSPS) is 25.6. The largest absolute Gasteiger partial charge is 0.390 e. The van der Waals surface area contributed by atoms with Gasteiger partial charge in [-0.05, 0) is 13.1 Å². The highest BCUT2D eigenvalue weighted by atomic mass is 19.2. The van der Waals surface area contributed by atoms with Crippen LogP contribution in [0.2, 0.25) is 0 Å². The lowest BCUT2D eigenvalue weighted by molar-refractivity contribution is -0.129. The van der Waals surface area contributed by atoms with E-state index in [1.54, 1.807) is 0 Å². The summed E-state index contributed by atoms with van der Waals surface area (Å²) in [7, 11) is 2.04. The van der Waals surface area contributed by atoms with Gasteiger partial charge >= 0.3 is 0 Å². The van der Waals surface area contributed by atoms with E-state index in [0.717, 1.165) is 38.3 Å². The number of carbonyl (C=O) groups is 1. The molecule has 1 aromatic rings. The van der Waals surface area contributed by atoms with Gasteiger partial charge in [0, 0.05) is 44.8 Å². The molecule has 2 saturated heterocycles. The summed E-state index contributed by atoms with van der Waals surface area (Å²) in [6.07, 6.45) is -1.02. The second kappa shape index (κ2) is 7.31. The highest BCUT2D eigenvalue weighted by Gasteiger charge is 2.38. The third kappa shape index (κ3) is 3.80. The van der Waals surface area contributed by atoms with Gasteiger partial charge in [0.05, 0.1) is 18.6 Å². The predicted molar refractivity (Wildman–Crippen MR) is 85.5 cm³/mol. The van der Waals surface area contributed by atoms with Crippen LogP contribution in [0.15, 0.2) is 12.1 Å². The van der Waals surface area contributed by atoms with Gasteiger partial charge in [-0.15, -0.1) is 0 Å². The molecule has 5 nitrogen and oxygen atoms in total. The number of carbonyl (C=O) groups excluding carboxylic acids is 1. The average molecular weight is 357 g/mol. The molecule has 2 atom stereocenters. The number of halogens is 3. The number of likely N-dealkylation sites (tertiary alicyclic amines) is 1. The number of amides is 1. The minimum absolute atomic E-state index is 0.146. The Kier molecular flexibility index (Phi) is 5.31. The van der Waals surface area contributed by atoms with Crippen molar-refractivity contribution in [3.8, 4) is 0 Å². The molecule has 0 spiro atoms. The second-order valence-corrected chi connectivity index (χ2v) is 6.78. The van der Waals surface area contributed by atoms with Crippen LogP contribution in [0.5, 0.6) is 0 Å². The summed E-state index contributed by atoms with van der Waals surface area (Å²) >= 11 is 0. The molecule has 3 rings (SSSR count). The first-order valence-electron chi connectivity index (χ1n) is 8.37. The molecule has 1 aromatic carbocycles. The lowest BCUT2D eigenvalue weighted by Gasteiger charge is -2.37. The Morgan fingerprint density at radius 2 is 1.80 bits per heavy atom. The maximum absolute atomic E-state index is 13.7. The maximum Gasteiger partial charge on any atom is 0.227 e. The van der Waals surface area contributed by atoms with Gasteiger partial charge in [0.1, 0.15) is 0 Å². The quantitative estimate of drug-likeness (QED) is 0.799.